The summed E-state index contributed by atoms with van der Waals surface area (Å²) in [5, 5.41) is 3.45. The summed E-state index contributed by atoms with van der Waals surface area (Å²) in [5.41, 5.74) is 3.74. The fourth-order valence-electron chi connectivity index (χ4n) is 2.98. The van der Waals surface area contributed by atoms with Crippen LogP contribution >= 0.6 is 0 Å². The van der Waals surface area contributed by atoms with Gasteiger partial charge in [0.15, 0.2) is 0 Å². The maximum absolute atomic E-state index is 4.33. The van der Waals surface area contributed by atoms with Gasteiger partial charge in [-0.2, -0.15) is 0 Å². The molecular formula is C19H26N4. The third-order valence-electron chi connectivity index (χ3n) is 4.48. The molecule has 2 heterocycles. The number of pyridine rings is 1. The number of piperazine rings is 1. The van der Waals surface area contributed by atoms with Gasteiger partial charge < -0.3 is 15.1 Å². The van der Waals surface area contributed by atoms with Gasteiger partial charge in [-0.25, -0.2) is 0 Å². The van der Waals surface area contributed by atoms with Crippen LogP contribution in [0.15, 0.2) is 48.7 Å². The second kappa shape index (κ2) is 8.09. The molecule has 0 spiro atoms. The molecular weight excluding hydrogens is 284 g/mol. The molecule has 0 radical (unpaired) electrons. The van der Waals surface area contributed by atoms with E-state index in [1.807, 2.05) is 24.4 Å². The summed E-state index contributed by atoms with van der Waals surface area (Å²) in [4.78, 5) is 9.31. The van der Waals surface area contributed by atoms with Crippen molar-refractivity contribution in [3.8, 4) is 0 Å². The Kier molecular flexibility index (Phi) is 5.61. The number of anilines is 1. The van der Waals surface area contributed by atoms with Gasteiger partial charge in [0.05, 0.1) is 5.69 Å². The molecule has 0 amide bonds. The minimum absolute atomic E-state index is 0.807. The summed E-state index contributed by atoms with van der Waals surface area (Å²) >= 11 is 0. The average Bonchev–Trinajstić information content (AvgIpc) is 2.63. The Hall–Kier alpha value is -1.91. The summed E-state index contributed by atoms with van der Waals surface area (Å²) in [6.07, 6.45) is 1.84. The van der Waals surface area contributed by atoms with Crippen LogP contribution in [0.3, 0.4) is 0 Å². The predicted octanol–water partition coefficient (Wildman–Crippen LogP) is 2.51. The molecule has 122 valence electrons. The Balaban J connectivity index is 1.47. The number of nitrogens with zero attached hydrogens (tertiary/aromatic N) is 3. The van der Waals surface area contributed by atoms with Crippen LogP contribution in [0.2, 0.25) is 0 Å². The Labute approximate surface area is 139 Å². The molecule has 1 aliphatic heterocycles. The van der Waals surface area contributed by atoms with Gasteiger partial charge in [0.25, 0.3) is 0 Å². The van der Waals surface area contributed by atoms with Crippen molar-refractivity contribution in [2.45, 2.75) is 20.0 Å². The minimum Gasteiger partial charge on any atom is -0.369 e. The molecule has 23 heavy (non-hydrogen) atoms. The van der Waals surface area contributed by atoms with E-state index < -0.39 is 0 Å². The molecule has 0 atom stereocenters. The summed E-state index contributed by atoms with van der Waals surface area (Å²) in [6.45, 7) is 9.68. The summed E-state index contributed by atoms with van der Waals surface area (Å²) in [6, 6.07) is 15.0. The summed E-state index contributed by atoms with van der Waals surface area (Å²) < 4.78 is 0. The Bertz CT molecular complexity index is 574. The highest BCUT2D eigenvalue weighted by Gasteiger charge is 2.15. The molecule has 0 unspecified atom stereocenters. The van der Waals surface area contributed by atoms with Crippen LogP contribution < -0.4 is 10.2 Å². The first-order valence-electron chi connectivity index (χ1n) is 8.52. The van der Waals surface area contributed by atoms with Gasteiger partial charge in [-0.05, 0) is 36.4 Å². The molecule has 0 aliphatic carbocycles. The van der Waals surface area contributed by atoms with Crippen LogP contribution in [0.5, 0.6) is 0 Å². The molecule has 1 aromatic heterocycles. The standard InChI is InChI=1S/C19H26N4/c1-2-22-11-13-23(14-12-22)19-8-6-17(7-9-19)15-20-16-18-5-3-4-10-21-18/h3-10,20H,2,11-16H2,1H3. The molecule has 1 aromatic carbocycles. The number of nitrogens with one attached hydrogen (secondary N) is 1. The molecule has 0 bridgehead atoms. The first-order valence-corrected chi connectivity index (χ1v) is 8.52. The number of benzene rings is 1. The monoisotopic (exact) mass is 310 g/mol. The van der Waals surface area contributed by atoms with E-state index in [9.17, 15) is 0 Å². The number of likely N-dealkylation sites (N-methyl/N-ethyl adjacent to an activating group) is 1. The fraction of sp³-hybridized carbons (Fsp3) is 0.421. The van der Waals surface area contributed by atoms with E-state index in [0.717, 1.165) is 38.4 Å². The van der Waals surface area contributed by atoms with Crippen LogP contribution in [0, 0.1) is 0 Å². The second-order valence-corrected chi connectivity index (χ2v) is 6.01. The highest BCUT2D eigenvalue weighted by atomic mass is 15.3. The smallest absolute Gasteiger partial charge is 0.0541 e. The van der Waals surface area contributed by atoms with Crippen molar-refractivity contribution in [1.29, 1.82) is 0 Å². The molecule has 4 nitrogen and oxygen atoms in total. The first kappa shape index (κ1) is 16.0. The number of rotatable bonds is 6. The summed E-state index contributed by atoms with van der Waals surface area (Å²) in [5.74, 6) is 0. The van der Waals surface area contributed by atoms with E-state index in [1.54, 1.807) is 0 Å². The highest BCUT2D eigenvalue weighted by molar-refractivity contribution is 5.48. The van der Waals surface area contributed by atoms with Crippen LogP contribution in [-0.4, -0.2) is 42.6 Å². The van der Waals surface area contributed by atoms with E-state index >= 15 is 0 Å². The van der Waals surface area contributed by atoms with Crippen LogP contribution in [0.4, 0.5) is 5.69 Å². The lowest BCUT2D eigenvalue weighted by atomic mass is 10.1. The molecule has 1 fully saturated rings. The molecule has 2 aromatic rings. The normalized spacial score (nSPS) is 15.8. The largest absolute Gasteiger partial charge is 0.369 e. The lowest BCUT2D eigenvalue weighted by Crippen LogP contribution is -2.46. The van der Waals surface area contributed by atoms with E-state index in [2.05, 4.69) is 51.3 Å². The molecule has 1 aliphatic rings. The van der Waals surface area contributed by atoms with Crippen LogP contribution in [-0.2, 0) is 13.1 Å². The van der Waals surface area contributed by atoms with Gasteiger partial charge in [0.1, 0.15) is 0 Å². The molecule has 3 rings (SSSR count). The Morgan fingerprint density at radius 3 is 2.39 bits per heavy atom. The van der Waals surface area contributed by atoms with Gasteiger partial charge in [-0.1, -0.05) is 25.1 Å². The Morgan fingerprint density at radius 1 is 0.957 bits per heavy atom. The van der Waals surface area contributed by atoms with E-state index in [0.29, 0.717) is 0 Å². The third-order valence-corrected chi connectivity index (χ3v) is 4.48. The van der Waals surface area contributed by atoms with Gasteiger partial charge in [0.2, 0.25) is 0 Å². The quantitative estimate of drug-likeness (QED) is 0.888. The van der Waals surface area contributed by atoms with Crippen molar-refractivity contribution in [1.82, 2.24) is 15.2 Å². The van der Waals surface area contributed by atoms with Crippen molar-refractivity contribution in [2.24, 2.45) is 0 Å². The van der Waals surface area contributed by atoms with E-state index in [-0.39, 0.29) is 0 Å². The van der Waals surface area contributed by atoms with E-state index in [4.69, 9.17) is 0 Å². The van der Waals surface area contributed by atoms with E-state index in [1.165, 1.54) is 24.3 Å². The van der Waals surface area contributed by atoms with Gasteiger partial charge >= 0.3 is 0 Å². The topological polar surface area (TPSA) is 31.4 Å². The van der Waals surface area contributed by atoms with Crippen molar-refractivity contribution in [3.63, 3.8) is 0 Å². The zero-order valence-corrected chi connectivity index (χ0v) is 13.9. The fourth-order valence-corrected chi connectivity index (χ4v) is 2.98. The van der Waals surface area contributed by atoms with Crippen molar-refractivity contribution in [2.75, 3.05) is 37.6 Å². The minimum atomic E-state index is 0.807. The number of hydrogen-bond donors (Lipinski definition) is 1. The third kappa shape index (κ3) is 4.53. The maximum atomic E-state index is 4.33. The lowest BCUT2D eigenvalue weighted by Gasteiger charge is -2.35. The van der Waals surface area contributed by atoms with Crippen molar-refractivity contribution in [3.05, 3.63) is 59.9 Å². The maximum Gasteiger partial charge on any atom is 0.0541 e. The number of hydrogen-bond acceptors (Lipinski definition) is 4. The van der Waals surface area contributed by atoms with Gasteiger partial charge in [-0.3, -0.25) is 4.98 Å². The summed E-state index contributed by atoms with van der Waals surface area (Å²) in [7, 11) is 0. The molecule has 1 saturated heterocycles. The molecule has 0 saturated carbocycles. The Morgan fingerprint density at radius 2 is 1.74 bits per heavy atom. The van der Waals surface area contributed by atoms with Gasteiger partial charge in [-0.15, -0.1) is 0 Å². The van der Waals surface area contributed by atoms with Crippen molar-refractivity contribution >= 4 is 5.69 Å². The lowest BCUT2D eigenvalue weighted by molar-refractivity contribution is 0.271. The van der Waals surface area contributed by atoms with Crippen molar-refractivity contribution < 1.29 is 0 Å². The first-order chi connectivity index (χ1) is 11.3. The zero-order chi connectivity index (χ0) is 15.9. The van der Waals surface area contributed by atoms with Crippen LogP contribution in [0.25, 0.3) is 0 Å². The SMILES string of the molecule is CCN1CCN(c2ccc(CNCc3ccccn3)cc2)CC1. The highest BCUT2D eigenvalue weighted by Crippen LogP contribution is 2.17. The second-order valence-electron chi connectivity index (χ2n) is 6.01. The number of aromatic nitrogens is 1. The van der Waals surface area contributed by atoms with Crippen LogP contribution in [0.1, 0.15) is 18.2 Å². The molecule has 1 N–H and O–H groups in total. The average molecular weight is 310 g/mol. The predicted molar refractivity (Wildman–Crippen MR) is 95.5 cm³/mol. The zero-order valence-electron chi connectivity index (χ0n) is 13.9. The molecule has 4 heteroatoms. The van der Waals surface area contributed by atoms with Gasteiger partial charge in [0, 0.05) is 51.2 Å².